The molecule has 3 atom stereocenters. The van der Waals surface area contributed by atoms with Gasteiger partial charge in [-0.05, 0) is 57.1 Å². The molecule has 35 heavy (non-hydrogen) atoms. The molecule has 0 aromatic heterocycles. The van der Waals surface area contributed by atoms with Crippen LogP contribution in [0.3, 0.4) is 0 Å². The Morgan fingerprint density at radius 3 is 2.40 bits per heavy atom. The van der Waals surface area contributed by atoms with Crippen molar-refractivity contribution in [3.8, 4) is 0 Å². The molecule has 3 unspecified atom stereocenters. The predicted octanol–water partition coefficient (Wildman–Crippen LogP) is 6.45. The fourth-order valence-corrected chi connectivity index (χ4v) is 5.71. The van der Waals surface area contributed by atoms with Crippen LogP contribution in [0.2, 0.25) is 0 Å². The Morgan fingerprint density at radius 2 is 1.83 bits per heavy atom. The first-order chi connectivity index (χ1) is 16.4. The summed E-state index contributed by atoms with van der Waals surface area (Å²) in [7, 11) is 0. The van der Waals surface area contributed by atoms with Gasteiger partial charge in [0.05, 0.1) is 16.4 Å². The molecule has 0 spiro atoms. The quantitative estimate of drug-likeness (QED) is 0.476. The highest BCUT2D eigenvalue weighted by Gasteiger charge is 2.45. The van der Waals surface area contributed by atoms with Crippen LogP contribution in [0.4, 0.5) is 13.2 Å². The van der Waals surface area contributed by atoms with Gasteiger partial charge in [-0.3, -0.25) is 14.6 Å². The maximum atomic E-state index is 13.4. The third-order valence-corrected chi connectivity index (χ3v) is 7.89. The number of likely N-dealkylation sites (tertiary alicyclic amines) is 1. The summed E-state index contributed by atoms with van der Waals surface area (Å²) in [5.74, 6) is 0.355. The summed E-state index contributed by atoms with van der Waals surface area (Å²) in [6, 6.07) is 4.64. The normalized spacial score (nSPS) is 24.0. The number of hydrogen-bond acceptors (Lipinski definition) is 4. The van der Waals surface area contributed by atoms with Gasteiger partial charge >= 0.3 is 6.18 Å². The fraction of sp³-hybridized carbons (Fsp3) is 0.654. The molecular weight excluding hydrogens is 475 g/mol. The number of rotatable bonds is 6. The van der Waals surface area contributed by atoms with Gasteiger partial charge in [0.2, 0.25) is 11.8 Å². The van der Waals surface area contributed by atoms with Crippen LogP contribution < -0.4 is 5.32 Å². The number of benzene rings is 1. The molecule has 2 saturated heterocycles. The van der Waals surface area contributed by atoms with Gasteiger partial charge in [-0.25, -0.2) is 0 Å². The standard InChI is InChI=1S/C24H32F3N3O2S.C2H6/c1-5-15(2)20(31)30-12-10-17(11-13-30)14-23(4)21(32)29-22(33-23)28-16(3)18-8-6-7-9-19(18)24(25,26)27;1-2/h6-9,15-17H,5,10-14H2,1-4H3,(H,28,29,32);1-2H3. The van der Waals surface area contributed by atoms with Crippen molar-refractivity contribution >= 4 is 28.7 Å². The van der Waals surface area contributed by atoms with E-state index in [1.165, 1.54) is 23.9 Å². The zero-order chi connectivity index (χ0) is 26.4. The molecule has 2 aliphatic rings. The zero-order valence-electron chi connectivity index (χ0n) is 21.5. The second kappa shape index (κ2) is 12.3. The molecule has 0 aliphatic carbocycles. The van der Waals surface area contributed by atoms with Gasteiger partial charge in [0.25, 0.3) is 0 Å². The third-order valence-electron chi connectivity index (χ3n) is 6.69. The molecule has 2 heterocycles. The lowest BCUT2D eigenvalue weighted by atomic mass is 9.86. The maximum Gasteiger partial charge on any atom is 0.416 e. The molecular formula is C26H38F3N3O2S. The molecule has 5 nitrogen and oxygen atoms in total. The molecule has 0 saturated carbocycles. The summed E-state index contributed by atoms with van der Waals surface area (Å²) >= 11 is 1.29. The van der Waals surface area contributed by atoms with E-state index >= 15 is 0 Å². The number of carbonyl (C=O) groups excluding carboxylic acids is 2. The van der Waals surface area contributed by atoms with E-state index in [0.717, 1.165) is 25.3 Å². The maximum absolute atomic E-state index is 13.4. The zero-order valence-corrected chi connectivity index (χ0v) is 22.4. The SMILES string of the molecule is CC.CCC(C)C(=O)N1CCC(CC2(C)SC(=NC(C)c3ccccc3C(F)(F)F)NC2=O)CC1. The van der Waals surface area contributed by atoms with Crippen LogP contribution in [-0.2, 0) is 15.8 Å². The molecule has 9 heteroatoms. The van der Waals surface area contributed by atoms with Crippen LogP contribution in [-0.4, -0.2) is 39.7 Å². The summed E-state index contributed by atoms with van der Waals surface area (Å²) in [6.45, 7) is 12.8. The van der Waals surface area contributed by atoms with Crippen molar-refractivity contribution in [1.82, 2.24) is 10.2 Å². The number of alkyl halides is 3. The summed E-state index contributed by atoms with van der Waals surface area (Å²) in [6.07, 6.45) is -1.32. The van der Waals surface area contributed by atoms with E-state index in [2.05, 4.69) is 10.3 Å². The smallest absolute Gasteiger partial charge is 0.342 e. The Bertz CT molecular complexity index is 913. The van der Waals surface area contributed by atoms with Crippen molar-refractivity contribution < 1.29 is 22.8 Å². The first-order valence-corrected chi connectivity index (χ1v) is 13.3. The number of amides is 2. The van der Waals surface area contributed by atoms with E-state index < -0.39 is 22.5 Å². The van der Waals surface area contributed by atoms with E-state index in [-0.39, 0.29) is 23.3 Å². The van der Waals surface area contributed by atoms with Crippen LogP contribution in [0, 0.1) is 11.8 Å². The van der Waals surface area contributed by atoms with Gasteiger partial charge < -0.3 is 10.2 Å². The van der Waals surface area contributed by atoms with Crippen molar-refractivity contribution in [2.75, 3.05) is 13.1 Å². The van der Waals surface area contributed by atoms with Crippen LogP contribution >= 0.6 is 11.8 Å². The molecule has 1 aromatic rings. The van der Waals surface area contributed by atoms with Gasteiger partial charge in [-0.1, -0.05) is 57.7 Å². The lowest BCUT2D eigenvalue weighted by Gasteiger charge is -2.35. The van der Waals surface area contributed by atoms with E-state index in [9.17, 15) is 22.8 Å². The van der Waals surface area contributed by atoms with Crippen LogP contribution in [0.15, 0.2) is 29.3 Å². The van der Waals surface area contributed by atoms with Crippen molar-refractivity contribution in [2.24, 2.45) is 16.8 Å². The Hall–Kier alpha value is -2.03. The lowest BCUT2D eigenvalue weighted by molar-refractivity contribution is -0.138. The van der Waals surface area contributed by atoms with E-state index in [4.69, 9.17) is 0 Å². The lowest BCUT2D eigenvalue weighted by Crippen LogP contribution is -2.43. The molecule has 196 valence electrons. The Kier molecular flexibility index (Phi) is 10.2. The minimum absolute atomic E-state index is 0.0264. The molecule has 2 amide bonds. The van der Waals surface area contributed by atoms with Crippen molar-refractivity contribution in [3.63, 3.8) is 0 Å². The number of hydrogen-bond donors (Lipinski definition) is 1. The second-order valence-electron chi connectivity index (χ2n) is 9.26. The van der Waals surface area contributed by atoms with E-state index in [0.29, 0.717) is 30.6 Å². The number of amidine groups is 1. The van der Waals surface area contributed by atoms with Gasteiger partial charge in [0, 0.05) is 19.0 Å². The molecule has 0 radical (unpaired) electrons. The Labute approximate surface area is 211 Å². The van der Waals surface area contributed by atoms with Crippen molar-refractivity contribution in [2.45, 2.75) is 84.2 Å². The number of halogens is 3. The van der Waals surface area contributed by atoms with Crippen molar-refractivity contribution in [1.29, 1.82) is 0 Å². The molecule has 3 rings (SSSR count). The van der Waals surface area contributed by atoms with Gasteiger partial charge in [0.15, 0.2) is 5.17 Å². The highest BCUT2D eigenvalue weighted by Crippen LogP contribution is 2.41. The van der Waals surface area contributed by atoms with Crippen molar-refractivity contribution in [3.05, 3.63) is 35.4 Å². The van der Waals surface area contributed by atoms with Gasteiger partial charge in [-0.15, -0.1) is 0 Å². The third kappa shape index (κ3) is 7.24. The number of nitrogens with one attached hydrogen (secondary N) is 1. The topological polar surface area (TPSA) is 61.8 Å². The molecule has 1 N–H and O–H groups in total. The van der Waals surface area contributed by atoms with E-state index in [1.54, 1.807) is 13.0 Å². The number of thioether (sulfide) groups is 1. The minimum Gasteiger partial charge on any atom is -0.342 e. The summed E-state index contributed by atoms with van der Waals surface area (Å²) in [5, 5.41) is 3.13. The average molecular weight is 514 g/mol. The van der Waals surface area contributed by atoms with E-state index in [1.807, 2.05) is 39.5 Å². The first kappa shape index (κ1) is 29.2. The highest BCUT2D eigenvalue weighted by atomic mass is 32.2. The molecule has 2 aliphatic heterocycles. The second-order valence-corrected chi connectivity index (χ2v) is 10.8. The first-order valence-electron chi connectivity index (χ1n) is 12.5. The highest BCUT2D eigenvalue weighted by molar-refractivity contribution is 8.16. The van der Waals surface area contributed by atoms with Crippen LogP contribution in [0.5, 0.6) is 0 Å². The number of piperidine rings is 1. The number of carbonyl (C=O) groups is 2. The molecule has 0 bridgehead atoms. The predicted molar refractivity (Wildman–Crippen MR) is 136 cm³/mol. The Morgan fingerprint density at radius 1 is 1.23 bits per heavy atom. The number of aliphatic imine (C=N–C) groups is 1. The van der Waals surface area contributed by atoms with Crippen LogP contribution in [0.25, 0.3) is 0 Å². The van der Waals surface area contributed by atoms with Crippen LogP contribution in [0.1, 0.15) is 84.4 Å². The average Bonchev–Trinajstić information content (AvgIpc) is 3.11. The summed E-state index contributed by atoms with van der Waals surface area (Å²) in [5.41, 5.74) is -0.628. The largest absolute Gasteiger partial charge is 0.416 e. The van der Waals surface area contributed by atoms with Gasteiger partial charge in [0.1, 0.15) is 0 Å². The Balaban J connectivity index is 0.00000210. The molecule has 2 fully saturated rings. The number of nitrogens with zero attached hydrogens (tertiary/aromatic N) is 2. The summed E-state index contributed by atoms with van der Waals surface area (Å²) < 4.78 is 39.4. The van der Waals surface area contributed by atoms with Gasteiger partial charge in [-0.2, -0.15) is 13.2 Å². The fourth-order valence-electron chi connectivity index (χ4n) is 4.47. The monoisotopic (exact) mass is 513 g/mol. The molecule has 1 aromatic carbocycles. The minimum atomic E-state index is -4.46. The summed E-state index contributed by atoms with van der Waals surface area (Å²) in [4.78, 5) is 31.5.